The lowest BCUT2D eigenvalue weighted by atomic mass is 10.1. The number of fused-ring (bicyclic) bond motifs is 2. The van der Waals surface area contributed by atoms with E-state index in [0.29, 0.717) is 0 Å². The number of ether oxygens (including phenoxy) is 2. The zero-order valence-electron chi connectivity index (χ0n) is 25.8. The van der Waals surface area contributed by atoms with Crippen LogP contribution in [0.2, 0.25) is 0 Å². The summed E-state index contributed by atoms with van der Waals surface area (Å²) in [5.74, 6) is -0.459. The zero-order valence-corrected chi connectivity index (χ0v) is 28.5. The summed E-state index contributed by atoms with van der Waals surface area (Å²) in [5.41, 5.74) is 16.1. The van der Waals surface area contributed by atoms with E-state index in [1.54, 1.807) is 7.05 Å². The fraction of sp³-hybridized carbons (Fsp3) is 0.524. The summed E-state index contributed by atoms with van der Waals surface area (Å²) < 4.78 is 70.2. The van der Waals surface area contributed by atoms with Crippen LogP contribution in [0.1, 0.15) is 18.9 Å². The molecule has 13 N–H and O–H groups in total. The highest BCUT2D eigenvalue weighted by Gasteiger charge is 2.48. The summed E-state index contributed by atoms with van der Waals surface area (Å²) >= 11 is 0. The summed E-state index contributed by atoms with van der Waals surface area (Å²) in [7, 11) is -15.5. The number of nitrogens with one attached hydrogen (secondary N) is 2. The van der Waals surface area contributed by atoms with Crippen molar-refractivity contribution in [3.05, 3.63) is 33.4 Å². The Bertz CT molecular complexity index is 2240. The number of nitrogens with zero attached hydrogens (tertiary/aromatic N) is 6. The molecule has 3 unspecified atom stereocenters. The summed E-state index contributed by atoms with van der Waals surface area (Å²) in [6.07, 6.45) is -5.92. The third kappa shape index (κ3) is 7.68. The minimum absolute atomic E-state index is 0.0941. The van der Waals surface area contributed by atoms with Gasteiger partial charge in [0.2, 0.25) is 11.5 Å². The van der Waals surface area contributed by atoms with Crippen molar-refractivity contribution in [2.45, 2.75) is 49.3 Å². The topological polar surface area (TPSA) is 404 Å². The number of anilines is 2. The molecule has 2 fully saturated rings. The number of aromatic nitrogens is 8. The van der Waals surface area contributed by atoms with Crippen LogP contribution in [-0.4, -0.2) is 103 Å². The van der Waals surface area contributed by atoms with Crippen molar-refractivity contribution in [2.24, 2.45) is 12.8 Å². The van der Waals surface area contributed by atoms with Crippen LogP contribution < -0.4 is 32.9 Å². The molecule has 0 saturated carbocycles. The molecule has 6 rings (SSSR count). The normalized spacial score (nSPS) is 29.0. The number of phosphoric ester groups is 2. The predicted octanol–water partition coefficient (Wildman–Crippen LogP) is -3.55. The molecule has 0 spiro atoms. The molecule has 2 aliphatic rings. The highest BCUT2D eigenvalue weighted by atomic mass is 31.3. The van der Waals surface area contributed by atoms with Gasteiger partial charge in [0.1, 0.15) is 24.4 Å². The SMILES string of the molecule is Cn1c[n+]([C@H]2C[C@H](N)[C@@H](COP(=O)(O)OP(=O)(O)OP(=O)(O)OC[C@H]3O[C@@H](n4cnc5c(=O)[nH]c(N)nc54)[C@H](O)[C@@H]3O)O2)c2nc(N)[nH]c(=O)c21. The van der Waals surface area contributed by atoms with Gasteiger partial charge in [-0.1, -0.05) is 4.98 Å². The number of hydrogen-bond acceptors (Lipinski definition) is 19. The number of phosphoric acid groups is 3. The number of nitrogens with two attached hydrogens (primary N) is 3. The van der Waals surface area contributed by atoms with Gasteiger partial charge in [0.25, 0.3) is 17.1 Å². The second kappa shape index (κ2) is 13.5. The number of nitrogen functional groups attached to an aromatic ring is 2. The molecular formula is C21H31N11O16P3+. The average molecular weight is 786 g/mol. The largest absolute Gasteiger partial charge is 0.490 e. The molecule has 6 heterocycles. The average Bonchev–Trinajstić information content (AvgIpc) is 3.74. The Hall–Kier alpha value is -3.49. The van der Waals surface area contributed by atoms with Crippen molar-refractivity contribution in [3.63, 3.8) is 0 Å². The number of hydrogen-bond donors (Lipinski definition) is 10. The maximum absolute atomic E-state index is 12.5. The first kappa shape index (κ1) is 37.3. The zero-order chi connectivity index (χ0) is 37.2. The first-order valence-electron chi connectivity index (χ1n) is 14.4. The summed E-state index contributed by atoms with van der Waals surface area (Å²) in [4.78, 5) is 70.9. The van der Waals surface area contributed by atoms with Gasteiger partial charge < -0.3 is 51.6 Å². The number of aryl methyl sites for hydroxylation is 1. The van der Waals surface area contributed by atoms with E-state index in [1.165, 1.54) is 15.5 Å². The van der Waals surface area contributed by atoms with E-state index in [1.807, 2.05) is 0 Å². The van der Waals surface area contributed by atoms with Crippen molar-refractivity contribution in [1.29, 1.82) is 0 Å². The number of aromatic amines is 2. The Morgan fingerprint density at radius 2 is 1.55 bits per heavy atom. The second-order valence-electron chi connectivity index (χ2n) is 11.3. The first-order valence-corrected chi connectivity index (χ1v) is 18.8. The first-order chi connectivity index (χ1) is 23.7. The molecule has 4 aromatic heterocycles. The lowest BCUT2D eigenvalue weighted by Gasteiger charge is -2.21. The standard InChI is InChI=1S/C21H30N11O16P3/c1-30-6-32(16-12(30)18(36)29-21(24)27-16)10-2-7(22)8(45-10)3-43-49(37,38)47-51(41,42)48-50(39,40)44-4-9-13(33)14(34)19(46-9)31-5-25-11-15(31)26-20(23)28-17(11)35/h5-10,13-14,19,33-34H,2-4,22H2,1H3,(H8-,23,24,26,27,28,29,35,36,37,38,39,40,41,42)/p+1/t7-,8+,9+,10+,13+,14+,19+/m0/s1. The van der Waals surface area contributed by atoms with E-state index >= 15 is 0 Å². The van der Waals surface area contributed by atoms with E-state index in [-0.39, 0.29) is 40.6 Å². The molecule has 0 aliphatic carbocycles. The minimum atomic E-state index is -5.91. The van der Waals surface area contributed by atoms with Gasteiger partial charge in [-0.25, -0.2) is 23.2 Å². The lowest BCUT2D eigenvalue weighted by molar-refractivity contribution is -0.739. The third-order valence-corrected chi connectivity index (χ3v) is 11.9. The number of imidazole rings is 2. The predicted molar refractivity (Wildman–Crippen MR) is 164 cm³/mol. The molecule has 4 aromatic rings. The molecule has 0 bridgehead atoms. The van der Waals surface area contributed by atoms with Crippen LogP contribution in [0.25, 0.3) is 22.3 Å². The van der Waals surface area contributed by atoms with Crippen LogP contribution in [0.4, 0.5) is 11.9 Å². The smallest absolute Gasteiger partial charge is 0.387 e. The number of H-pyrrole nitrogens is 2. The molecule has 280 valence electrons. The van der Waals surface area contributed by atoms with E-state index in [0.717, 1.165) is 10.9 Å². The van der Waals surface area contributed by atoms with Crippen LogP contribution in [0.3, 0.4) is 0 Å². The lowest BCUT2D eigenvalue weighted by Crippen LogP contribution is -2.39. The van der Waals surface area contributed by atoms with Gasteiger partial charge in [0.15, 0.2) is 29.9 Å². The number of rotatable bonds is 12. The van der Waals surface area contributed by atoms with Crippen molar-refractivity contribution in [3.8, 4) is 0 Å². The number of aliphatic hydroxyl groups excluding tert-OH is 2. The van der Waals surface area contributed by atoms with E-state index in [2.05, 4.69) is 38.1 Å². The van der Waals surface area contributed by atoms with Gasteiger partial charge in [-0.15, -0.1) is 0 Å². The van der Waals surface area contributed by atoms with Crippen molar-refractivity contribution in [1.82, 2.24) is 34.1 Å². The molecule has 30 heteroatoms. The van der Waals surface area contributed by atoms with Gasteiger partial charge in [0.05, 0.1) is 26.6 Å². The molecule has 2 saturated heterocycles. The molecule has 0 radical (unpaired) electrons. The van der Waals surface area contributed by atoms with Crippen LogP contribution in [0.15, 0.2) is 22.2 Å². The Balaban J connectivity index is 1.03. The minimum Gasteiger partial charge on any atom is -0.387 e. The fourth-order valence-electron chi connectivity index (χ4n) is 5.45. The molecule has 2 aliphatic heterocycles. The summed E-state index contributed by atoms with van der Waals surface area (Å²) in [6, 6.07) is -0.837. The van der Waals surface area contributed by atoms with E-state index in [9.17, 15) is 48.2 Å². The van der Waals surface area contributed by atoms with E-state index in [4.69, 9.17) is 31.2 Å². The number of aliphatic hydroxyl groups is 2. The van der Waals surface area contributed by atoms with Crippen molar-refractivity contribution < 1.29 is 70.3 Å². The Morgan fingerprint density at radius 3 is 2.22 bits per heavy atom. The van der Waals surface area contributed by atoms with Gasteiger partial charge in [-0.3, -0.25) is 37.7 Å². The van der Waals surface area contributed by atoms with Gasteiger partial charge >= 0.3 is 29.1 Å². The van der Waals surface area contributed by atoms with E-state index < -0.39 is 90.7 Å². The molecule has 27 nitrogen and oxygen atoms in total. The maximum atomic E-state index is 12.5. The van der Waals surface area contributed by atoms with Gasteiger partial charge in [0, 0.05) is 12.5 Å². The van der Waals surface area contributed by atoms with Crippen LogP contribution in [0, 0.1) is 0 Å². The maximum Gasteiger partial charge on any atom is 0.490 e. The fourth-order valence-corrected chi connectivity index (χ4v) is 8.97. The molecule has 0 amide bonds. The van der Waals surface area contributed by atoms with Crippen LogP contribution >= 0.6 is 23.5 Å². The van der Waals surface area contributed by atoms with Gasteiger partial charge in [-0.05, 0) is 0 Å². The Morgan fingerprint density at radius 1 is 0.941 bits per heavy atom. The van der Waals surface area contributed by atoms with Crippen molar-refractivity contribution in [2.75, 3.05) is 24.7 Å². The second-order valence-corrected chi connectivity index (χ2v) is 15.9. The molecular weight excluding hydrogens is 755 g/mol. The highest BCUT2D eigenvalue weighted by Crippen LogP contribution is 2.67. The summed E-state index contributed by atoms with van der Waals surface area (Å²) in [6.45, 7) is -1.84. The molecule has 51 heavy (non-hydrogen) atoms. The van der Waals surface area contributed by atoms with Crippen LogP contribution in [0.5, 0.6) is 0 Å². The quantitative estimate of drug-likeness (QED) is 0.0491. The van der Waals surface area contributed by atoms with Crippen molar-refractivity contribution >= 4 is 57.7 Å². The Kier molecular flexibility index (Phi) is 9.86. The third-order valence-electron chi connectivity index (χ3n) is 7.66. The van der Waals surface area contributed by atoms with Gasteiger partial charge in [-0.2, -0.15) is 13.6 Å². The Labute approximate surface area is 282 Å². The van der Waals surface area contributed by atoms with Crippen LogP contribution in [-0.2, 0) is 47.9 Å². The monoisotopic (exact) mass is 786 g/mol. The summed E-state index contributed by atoms with van der Waals surface area (Å²) in [5, 5.41) is 21.0. The molecule has 10 atom stereocenters. The molecule has 0 aromatic carbocycles. The highest BCUT2D eigenvalue weighted by molar-refractivity contribution is 7.66.